The van der Waals surface area contributed by atoms with Gasteiger partial charge in [0, 0.05) is 19.0 Å². The maximum Gasteiger partial charge on any atom is 0.217 e. The van der Waals surface area contributed by atoms with Gasteiger partial charge in [0.25, 0.3) is 0 Å². The molecule has 0 aromatic heterocycles. The van der Waals surface area contributed by atoms with Crippen LogP contribution in [0.4, 0.5) is 0 Å². The molecule has 1 amide bonds. The summed E-state index contributed by atoms with van der Waals surface area (Å²) in [5.74, 6) is 0.210. The molecule has 0 saturated heterocycles. The minimum absolute atomic E-state index is 0. The number of carbonyl (C=O) groups is 1. The molecule has 0 saturated carbocycles. The first-order chi connectivity index (χ1) is 9.11. The van der Waals surface area contributed by atoms with Crippen molar-refractivity contribution in [3.63, 3.8) is 0 Å². The topological polar surface area (TPSA) is 191 Å². The van der Waals surface area contributed by atoms with E-state index in [-0.39, 0.29) is 41.9 Å². The van der Waals surface area contributed by atoms with Gasteiger partial charge in [-0.15, -0.1) is 0 Å². The van der Waals surface area contributed by atoms with E-state index in [0.717, 1.165) is 6.42 Å². The smallest absolute Gasteiger partial charge is 0.217 e. The average molecular weight is 338 g/mol. The molecule has 0 aromatic carbocycles. The van der Waals surface area contributed by atoms with Crippen LogP contribution in [0.15, 0.2) is 11.4 Å². The summed E-state index contributed by atoms with van der Waals surface area (Å²) in [5.41, 5.74) is 6.03. The Balaban J connectivity index is 0. The van der Waals surface area contributed by atoms with Crippen LogP contribution < -0.4 is 33.1 Å². The lowest BCUT2D eigenvalue weighted by molar-refractivity contribution is -0.310. The zero-order valence-electron chi connectivity index (χ0n) is 14.2. The van der Waals surface area contributed by atoms with Crippen molar-refractivity contribution in [2.75, 3.05) is 0 Å². The van der Waals surface area contributed by atoms with Crippen molar-refractivity contribution < 1.29 is 19.1 Å². The molecule has 0 spiro atoms. The predicted molar refractivity (Wildman–Crippen MR) is 85.4 cm³/mol. The lowest BCUT2D eigenvalue weighted by atomic mass is 9.80. The van der Waals surface area contributed by atoms with Crippen LogP contribution in [0.1, 0.15) is 40.0 Å². The Morgan fingerprint density at radius 3 is 2.36 bits per heavy atom. The summed E-state index contributed by atoms with van der Waals surface area (Å²) in [4.78, 5) is 33.4. The number of carbonyl (C=O) groups excluding carboxylic acids is 1. The van der Waals surface area contributed by atoms with Crippen LogP contribution in [0.2, 0.25) is 0 Å². The quantitative estimate of drug-likeness (QED) is 0.538. The Labute approximate surface area is 132 Å². The SMILES string of the molecule is CC(=O)N[C@@H](CC(C)C)[C@@H]1CC=C(P(=O)([O-])[O-])C[C@H]1N.[NH4+].[NH4+]. The van der Waals surface area contributed by atoms with Gasteiger partial charge in [0.1, 0.15) is 0 Å². The molecule has 0 bridgehead atoms. The van der Waals surface area contributed by atoms with Gasteiger partial charge in [-0.05, 0) is 44.0 Å². The van der Waals surface area contributed by atoms with E-state index in [0.29, 0.717) is 12.3 Å². The minimum atomic E-state index is -4.70. The molecule has 0 unspecified atom stereocenters. The summed E-state index contributed by atoms with van der Waals surface area (Å²) in [7, 11) is -4.70. The summed E-state index contributed by atoms with van der Waals surface area (Å²) in [5, 5.41) is 2.79. The van der Waals surface area contributed by atoms with Crippen LogP contribution in [-0.4, -0.2) is 18.0 Å². The van der Waals surface area contributed by atoms with Crippen molar-refractivity contribution >= 4 is 13.5 Å². The number of allylic oxidation sites excluding steroid dienone is 1. The number of quaternary nitrogens is 2. The van der Waals surface area contributed by atoms with E-state index in [1.165, 1.54) is 13.0 Å². The van der Waals surface area contributed by atoms with Crippen molar-refractivity contribution in [3.8, 4) is 0 Å². The summed E-state index contributed by atoms with van der Waals surface area (Å²) in [6, 6.07) is -0.528. The van der Waals surface area contributed by atoms with E-state index < -0.39 is 13.6 Å². The van der Waals surface area contributed by atoms with Gasteiger partial charge in [-0.3, -0.25) is 4.79 Å². The molecule has 22 heavy (non-hydrogen) atoms. The maximum absolute atomic E-state index is 11.3. The fourth-order valence-corrected chi connectivity index (χ4v) is 3.48. The molecule has 0 aliphatic heterocycles. The second-order valence-corrected chi connectivity index (χ2v) is 7.47. The first-order valence-corrected chi connectivity index (χ1v) is 8.39. The highest BCUT2D eigenvalue weighted by molar-refractivity contribution is 7.53. The Kier molecular flexibility index (Phi) is 10.0. The van der Waals surface area contributed by atoms with Crippen LogP contribution in [0.3, 0.4) is 0 Å². The highest BCUT2D eigenvalue weighted by Crippen LogP contribution is 2.43. The number of hydrogen-bond acceptors (Lipinski definition) is 5. The van der Waals surface area contributed by atoms with Crippen molar-refractivity contribution in [1.29, 1.82) is 0 Å². The lowest BCUT2D eigenvalue weighted by Crippen LogP contribution is -2.48. The highest BCUT2D eigenvalue weighted by atomic mass is 31.2. The zero-order chi connectivity index (χ0) is 15.5. The van der Waals surface area contributed by atoms with Crippen LogP contribution in [0.25, 0.3) is 0 Å². The number of nitrogens with one attached hydrogen (secondary N) is 1. The number of amides is 1. The third kappa shape index (κ3) is 7.00. The predicted octanol–water partition coefficient (Wildman–Crippen LogP) is 0.825. The van der Waals surface area contributed by atoms with Crippen LogP contribution in [0, 0.1) is 11.8 Å². The number of rotatable bonds is 5. The standard InChI is InChI=1S/C13H25N2O4P.2H3N/c1-8(2)6-13(15-9(3)16)11-5-4-10(7-12(11)14)20(17,18)19;;/h4,8,11-13H,5-7,14H2,1-3H3,(H,15,16)(H2,17,18,19);2*1H3/t11-,12-,13+;;/m1../s1. The molecule has 1 aliphatic carbocycles. The molecule has 132 valence electrons. The van der Waals surface area contributed by atoms with Gasteiger partial charge < -0.3 is 37.7 Å². The lowest BCUT2D eigenvalue weighted by Gasteiger charge is -2.41. The van der Waals surface area contributed by atoms with Gasteiger partial charge in [0.15, 0.2) is 0 Å². The molecular formula is C13H31N4O4P. The minimum Gasteiger partial charge on any atom is -0.808 e. The maximum atomic E-state index is 11.3. The molecule has 9 heteroatoms. The van der Waals surface area contributed by atoms with Gasteiger partial charge >= 0.3 is 0 Å². The first kappa shape index (κ1) is 23.5. The number of nitrogens with two attached hydrogens (primary N) is 1. The molecule has 3 atom stereocenters. The third-order valence-corrected chi connectivity index (χ3v) is 4.67. The molecule has 11 N–H and O–H groups in total. The molecule has 0 fully saturated rings. The second-order valence-electron chi connectivity index (χ2n) is 5.90. The normalized spacial score (nSPS) is 23.0. The van der Waals surface area contributed by atoms with Crippen LogP contribution in [-0.2, 0) is 9.36 Å². The highest BCUT2D eigenvalue weighted by Gasteiger charge is 2.31. The fraction of sp³-hybridized carbons (Fsp3) is 0.769. The first-order valence-electron chi connectivity index (χ1n) is 6.85. The van der Waals surface area contributed by atoms with E-state index in [1.54, 1.807) is 0 Å². The molecule has 0 aromatic rings. The summed E-state index contributed by atoms with van der Waals surface area (Å²) in [6.07, 6.45) is 2.70. The van der Waals surface area contributed by atoms with Gasteiger partial charge in [-0.2, -0.15) is 0 Å². The van der Waals surface area contributed by atoms with Crippen molar-refractivity contribution in [2.45, 2.75) is 52.1 Å². The van der Waals surface area contributed by atoms with Gasteiger partial charge in [0.05, 0.1) is 0 Å². The Morgan fingerprint density at radius 1 is 1.45 bits per heavy atom. The van der Waals surface area contributed by atoms with Gasteiger partial charge in [-0.1, -0.05) is 19.9 Å². The summed E-state index contributed by atoms with van der Waals surface area (Å²) < 4.78 is 11.0. The van der Waals surface area contributed by atoms with E-state index in [2.05, 4.69) is 5.32 Å². The summed E-state index contributed by atoms with van der Waals surface area (Å²) in [6.45, 7) is 5.55. The van der Waals surface area contributed by atoms with Gasteiger partial charge in [-0.25, -0.2) is 0 Å². The monoisotopic (exact) mass is 338 g/mol. The third-order valence-electron chi connectivity index (χ3n) is 3.60. The molecule has 0 heterocycles. The molecular weight excluding hydrogens is 307 g/mol. The second kappa shape index (κ2) is 9.39. The largest absolute Gasteiger partial charge is 0.808 e. The van der Waals surface area contributed by atoms with Crippen LogP contribution >= 0.6 is 7.60 Å². The molecule has 1 rings (SSSR count). The Bertz CT molecular complexity index is 436. The zero-order valence-corrected chi connectivity index (χ0v) is 15.1. The Morgan fingerprint density at radius 2 is 2.00 bits per heavy atom. The average Bonchev–Trinajstić information content (AvgIpc) is 2.25. The van der Waals surface area contributed by atoms with E-state index in [1.807, 2.05) is 13.8 Å². The number of hydrogen-bond donors (Lipinski definition) is 4. The van der Waals surface area contributed by atoms with Crippen molar-refractivity contribution in [1.82, 2.24) is 17.6 Å². The molecule has 0 radical (unpaired) electrons. The molecule has 8 nitrogen and oxygen atoms in total. The Hall–Kier alpha value is -0.760. The summed E-state index contributed by atoms with van der Waals surface area (Å²) >= 11 is 0. The van der Waals surface area contributed by atoms with Crippen molar-refractivity contribution in [2.24, 2.45) is 17.6 Å². The van der Waals surface area contributed by atoms with E-state index in [4.69, 9.17) is 5.73 Å². The van der Waals surface area contributed by atoms with Crippen LogP contribution in [0.5, 0.6) is 0 Å². The molecule has 1 aliphatic rings. The van der Waals surface area contributed by atoms with Gasteiger partial charge in [0.2, 0.25) is 5.91 Å². The fourth-order valence-electron chi connectivity index (χ4n) is 2.72. The van der Waals surface area contributed by atoms with E-state index in [9.17, 15) is 19.1 Å². The van der Waals surface area contributed by atoms with E-state index >= 15 is 0 Å². The van der Waals surface area contributed by atoms with Crippen molar-refractivity contribution in [3.05, 3.63) is 11.4 Å².